The highest BCUT2D eigenvalue weighted by Gasteiger charge is 2.23. The monoisotopic (exact) mass is 403 g/mol. The number of aromatic nitrogens is 1. The lowest BCUT2D eigenvalue weighted by Gasteiger charge is -2.07. The predicted molar refractivity (Wildman–Crippen MR) is 85.6 cm³/mol. The molecule has 1 aromatic heterocycles. The fraction of sp³-hybridized carbons (Fsp3) is 0.154. The Bertz CT molecular complexity index is 753. The summed E-state index contributed by atoms with van der Waals surface area (Å²) in [6, 6.07) is 3.84. The number of carbonyl (C=O) groups is 2. The summed E-state index contributed by atoms with van der Waals surface area (Å²) >= 11 is 3.90. The molecule has 0 bridgehead atoms. The number of anilines is 1. The number of nitrogens with one attached hydrogen (secondary N) is 2. The number of aromatic carboxylic acids is 1. The van der Waals surface area contributed by atoms with Crippen LogP contribution < -0.4 is 15.4 Å². The minimum Gasteiger partial charge on any atom is -0.477 e. The number of benzene rings is 1. The number of hydrogen-bond donors (Lipinski definition) is 3. The second-order valence-corrected chi connectivity index (χ2v) is 5.91. The highest BCUT2D eigenvalue weighted by atomic mass is 79.9. The molecule has 3 N–H and O–H groups in total. The van der Waals surface area contributed by atoms with E-state index in [9.17, 15) is 19.1 Å². The SMILES string of the molecule is CNC(=O)Nc1snc(OCc2ccc(Br)cc2F)c1C(=O)O. The Hall–Kier alpha value is -2.20. The summed E-state index contributed by atoms with van der Waals surface area (Å²) in [4.78, 5) is 22.6. The van der Waals surface area contributed by atoms with E-state index in [4.69, 9.17) is 4.74 Å². The molecule has 0 saturated heterocycles. The number of carboxylic acids is 1. The van der Waals surface area contributed by atoms with Crippen LogP contribution in [0.2, 0.25) is 0 Å². The molecule has 7 nitrogen and oxygen atoms in total. The maximum absolute atomic E-state index is 13.7. The van der Waals surface area contributed by atoms with E-state index >= 15 is 0 Å². The molecule has 0 spiro atoms. The molecule has 0 unspecified atom stereocenters. The predicted octanol–water partition coefficient (Wildman–Crippen LogP) is 3.07. The molecule has 0 atom stereocenters. The van der Waals surface area contributed by atoms with Crippen LogP contribution in [-0.4, -0.2) is 28.5 Å². The van der Waals surface area contributed by atoms with Crippen LogP contribution in [0.25, 0.3) is 0 Å². The fourth-order valence-electron chi connectivity index (χ4n) is 1.60. The number of nitrogens with zero attached hydrogens (tertiary/aromatic N) is 1. The van der Waals surface area contributed by atoms with Crippen molar-refractivity contribution in [3.63, 3.8) is 0 Å². The molecular formula is C13H11BrFN3O4S. The summed E-state index contributed by atoms with van der Waals surface area (Å²) in [7, 11) is 1.39. The number of ether oxygens (including phenoxy) is 1. The lowest BCUT2D eigenvalue weighted by molar-refractivity contribution is 0.0693. The van der Waals surface area contributed by atoms with Crippen LogP contribution in [0.4, 0.5) is 14.2 Å². The van der Waals surface area contributed by atoms with Gasteiger partial charge in [0.2, 0.25) is 5.88 Å². The van der Waals surface area contributed by atoms with Crippen LogP contribution in [0.5, 0.6) is 5.88 Å². The van der Waals surface area contributed by atoms with Crippen molar-refractivity contribution in [2.45, 2.75) is 6.61 Å². The van der Waals surface area contributed by atoms with Crippen molar-refractivity contribution in [1.29, 1.82) is 0 Å². The van der Waals surface area contributed by atoms with Crippen LogP contribution in [0.15, 0.2) is 22.7 Å². The van der Waals surface area contributed by atoms with Crippen LogP contribution in [0.1, 0.15) is 15.9 Å². The largest absolute Gasteiger partial charge is 0.477 e. The van der Waals surface area contributed by atoms with Gasteiger partial charge in [-0.1, -0.05) is 22.0 Å². The van der Waals surface area contributed by atoms with Gasteiger partial charge in [-0.05, 0) is 23.7 Å². The summed E-state index contributed by atoms with van der Waals surface area (Å²) in [6.45, 7) is -0.192. The highest BCUT2D eigenvalue weighted by Crippen LogP contribution is 2.31. The summed E-state index contributed by atoms with van der Waals surface area (Å²) in [5.41, 5.74) is -0.0329. The molecule has 0 radical (unpaired) electrons. The minimum absolute atomic E-state index is 0.0307. The Morgan fingerprint density at radius 2 is 2.22 bits per heavy atom. The topological polar surface area (TPSA) is 101 Å². The van der Waals surface area contributed by atoms with Gasteiger partial charge in [-0.3, -0.25) is 5.32 Å². The second-order valence-electron chi connectivity index (χ2n) is 4.23. The van der Waals surface area contributed by atoms with Crippen molar-refractivity contribution in [3.8, 4) is 5.88 Å². The maximum atomic E-state index is 13.7. The van der Waals surface area contributed by atoms with E-state index in [1.54, 1.807) is 6.07 Å². The van der Waals surface area contributed by atoms with Crippen molar-refractivity contribution >= 4 is 44.5 Å². The molecule has 10 heteroatoms. The Balaban J connectivity index is 2.19. The van der Waals surface area contributed by atoms with Crippen molar-refractivity contribution in [2.75, 3.05) is 12.4 Å². The molecule has 0 aliphatic carbocycles. The number of hydrogen-bond acceptors (Lipinski definition) is 5. The Labute approximate surface area is 142 Å². The van der Waals surface area contributed by atoms with Crippen molar-refractivity contribution in [3.05, 3.63) is 39.6 Å². The average Bonchev–Trinajstić information content (AvgIpc) is 2.89. The van der Waals surface area contributed by atoms with Crippen LogP contribution >= 0.6 is 27.5 Å². The molecule has 0 fully saturated rings. The van der Waals surface area contributed by atoms with Gasteiger partial charge < -0.3 is 15.2 Å². The summed E-state index contributed by atoms with van der Waals surface area (Å²) in [5, 5.41) is 13.9. The number of amides is 2. The minimum atomic E-state index is -1.31. The Morgan fingerprint density at radius 1 is 1.48 bits per heavy atom. The van der Waals surface area contributed by atoms with Crippen molar-refractivity contribution < 1.29 is 23.8 Å². The van der Waals surface area contributed by atoms with Crippen LogP contribution in [0, 0.1) is 5.82 Å². The maximum Gasteiger partial charge on any atom is 0.344 e. The zero-order valence-electron chi connectivity index (χ0n) is 11.7. The Morgan fingerprint density at radius 3 is 2.83 bits per heavy atom. The molecule has 122 valence electrons. The van der Waals surface area contributed by atoms with E-state index in [1.807, 2.05) is 0 Å². The molecule has 23 heavy (non-hydrogen) atoms. The highest BCUT2D eigenvalue weighted by molar-refractivity contribution is 9.10. The number of carbonyl (C=O) groups excluding carboxylic acids is 1. The molecule has 0 aliphatic rings. The molecular weight excluding hydrogens is 393 g/mol. The number of rotatable bonds is 5. The lowest BCUT2D eigenvalue weighted by atomic mass is 10.2. The third kappa shape index (κ3) is 4.17. The van der Waals surface area contributed by atoms with Gasteiger partial charge in [-0.15, -0.1) is 0 Å². The molecule has 2 amide bonds. The molecule has 2 rings (SSSR count). The quantitative estimate of drug-likeness (QED) is 0.711. The molecule has 0 aliphatic heterocycles. The number of urea groups is 1. The summed E-state index contributed by atoms with van der Waals surface area (Å²) < 4.78 is 23.4. The second kappa shape index (κ2) is 7.38. The first kappa shape index (κ1) is 17.2. The lowest BCUT2D eigenvalue weighted by Crippen LogP contribution is -2.24. The molecule has 1 aromatic carbocycles. The van der Waals surface area contributed by atoms with E-state index in [0.29, 0.717) is 4.47 Å². The fourth-order valence-corrected chi connectivity index (χ4v) is 2.65. The van der Waals surface area contributed by atoms with Crippen molar-refractivity contribution in [2.24, 2.45) is 0 Å². The van der Waals surface area contributed by atoms with E-state index < -0.39 is 17.8 Å². The van der Waals surface area contributed by atoms with Crippen molar-refractivity contribution in [1.82, 2.24) is 9.69 Å². The Kier molecular flexibility index (Phi) is 5.50. The van der Waals surface area contributed by atoms with Crippen LogP contribution in [0.3, 0.4) is 0 Å². The van der Waals surface area contributed by atoms with Gasteiger partial charge in [0.1, 0.15) is 17.4 Å². The molecule has 1 heterocycles. The van der Waals surface area contributed by atoms with E-state index in [1.165, 1.54) is 19.2 Å². The van der Waals surface area contributed by atoms with E-state index in [2.05, 4.69) is 30.9 Å². The first-order chi connectivity index (χ1) is 10.9. The third-order valence-electron chi connectivity index (χ3n) is 2.71. The van der Waals surface area contributed by atoms with Gasteiger partial charge in [0.05, 0.1) is 0 Å². The number of halogens is 2. The molecule has 2 aromatic rings. The molecule has 0 saturated carbocycles. The normalized spacial score (nSPS) is 10.2. The standard InChI is InChI=1S/C13H11BrFN3O4S/c1-16-13(21)17-11-9(12(19)20)10(18-23-11)22-5-6-2-3-7(14)4-8(6)15/h2-4H,5H2,1H3,(H,19,20)(H2,16,17,21). The van der Waals surface area contributed by atoms with Crippen LogP contribution in [-0.2, 0) is 6.61 Å². The van der Waals surface area contributed by atoms with Gasteiger partial charge in [-0.2, -0.15) is 4.37 Å². The van der Waals surface area contributed by atoms with E-state index in [-0.39, 0.29) is 28.6 Å². The first-order valence-corrected chi connectivity index (χ1v) is 7.77. The van der Waals surface area contributed by atoms with Gasteiger partial charge in [0.15, 0.2) is 5.56 Å². The van der Waals surface area contributed by atoms with E-state index in [0.717, 1.165) is 11.5 Å². The van der Waals surface area contributed by atoms with Gasteiger partial charge >= 0.3 is 12.0 Å². The van der Waals surface area contributed by atoms with Gasteiger partial charge in [-0.25, -0.2) is 14.0 Å². The third-order valence-corrected chi connectivity index (χ3v) is 3.95. The average molecular weight is 404 g/mol. The first-order valence-electron chi connectivity index (χ1n) is 6.20. The van der Waals surface area contributed by atoms with Gasteiger partial charge in [0, 0.05) is 17.1 Å². The summed E-state index contributed by atoms with van der Waals surface area (Å²) in [5.74, 6) is -1.98. The zero-order valence-corrected chi connectivity index (χ0v) is 14.1. The summed E-state index contributed by atoms with van der Waals surface area (Å²) in [6.07, 6.45) is 0. The number of carboxylic acid groups (broad SMARTS) is 1. The smallest absolute Gasteiger partial charge is 0.344 e. The van der Waals surface area contributed by atoms with Gasteiger partial charge in [0.25, 0.3) is 0 Å². The zero-order chi connectivity index (χ0) is 17.0.